The minimum absolute atomic E-state index is 0.0394. The van der Waals surface area contributed by atoms with Crippen molar-refractivity contribution < 1.29 is 14.9 Å². The lowest BCUT2D eigenvalue weighted by atomic mass is 10.2. The van der Waals surface area contributed by atoms with Crippen molar-refractivity contribution >= 4 is 17.2 Å². The van der Waals surface area contributed by atoms with Crippen molar-refractivity contribution in [1.29, 1.82) is 0 Å². The fraction of sp³-hybridized carbons (Fsp3) is 0.0952. The van der Waals surface area contributed by atoms with Crippen LogP contribution in [0.5, 0.6) is 11.5 Å². The second-order valence-corrected chi connectivity index (χ2v) is 6.97. The van der Waals surface area contributed by atoms with Gasteiger partial charge in [0, 0.05) is 16.6 Å². The lowest BCUT2D eigenvalue weighted by molar-refractivity contribution is 0.201. The molecule has 0 aliphatic carbocycles. The molecule has 0 unspecified atom stereocenters. The van der Waals surface area contributed by atoms with Crippen LogP contribution >= 0.6 is 11.3 Å². The van der Waals surface area contributed by atoms with Crippen molar-refractivity contribution in [2.75, 3.05) is 18.9 Å². The number of aromatic nitrogens is 2. The Bertz CT molecular complexity index is 1070. The quantitative estimate of drug-likeness (QED) is 0.462. The van der Waals surface area contributed by atoms with Crippen molar-refractivity contribution in [3.05, 3.63) is 66.2 Å². The van der Waals surface area contributed by atoms with E-state index >= 15 is 0 Å². The van der Waals surface area contributed by atoms with Gasteiger partial charge in [-0.15, -0.1) is 11.3 Å². The van der Waals surface area contributed by atoms with Gasteiger partial charge >= 0.3 is 0 Å². The van der Waals surface area contributed by atoms with E-state index in [0.29, 0.717) is 22.1 Å². The molecule has 0 aliphatic heterocycles. The smallest absolute Gasteiger partial charge is 0.146 e. The van der Waals surface area contributed by atoms with E-state index in [-0.39, 0.29) is 19.0 Å². The number of rotatable bonds is 6. The zero-order valence-corrected chi connectivity index (χ0v) is 15.8. The number of ether oxygens (including phenoxy) is 1. The molecule has 4 aromatic rings. The second kappa shape index (κ2) is 7.75. The van der Waals surface area contributed by atoms with E-state index in [0.717, 1.165) is 16.9 Å². The van der Waals surface area contributed by atoms with Gasteiger partial charge in [-0.2, -0.15) is 0 Å². The summed E-state index contributed by atoms with van der Waals surface area (Å²) in [5, 5.41) is 21.9. The van der Waals surface area contributed by atoms with Gasteiger partial charge in [0.1, 0.15) is 28.9 Å². The van der Waals surface area contributed by atoms with Crippen LogP contribution in [0.1, 0.15) is 0 Å². The number of nitrogens with zero attached hydrogens (tertiary/aromatic N) is 2. The Morgan fingerprint density at radius 2 is 1.82 bits per heavy atom. The van der Waals surface area contributed by atoms with Crippen molar-refractivity contribution in [2.24, 2.45) is 0 Å². The largest absolute Gasteiger partial charge is 0.506 e. The fourth-order valence-corrected chi connectivity index (χ4v) is 3.83. The molecule has 0 amide bonds. The average molecular weight is 393 g/mol. The van der Waals surface area contributed by atoms with Gasteiger partial charge in [-0.1, -0.05) is 30.3 Å². The molecule has 6 nitrogen and oxygen atoms in total. The molecule has 0 aliphatic rings. The Morgan fingerprint density at radius 1 is 1.07 bits per heavy atom. The average Bonchev–Trinajstić information content (AvgIpc) is 3.32. The Kier molecular flexibility index (Phi) is 5.01. The van der Waals surface area contributed by atoms with Crippen molar-refractivity contribution in [1.82, 2.24) is 9.55 Å². The van der Waals surface area contributed by atoms with Gasteiger partial charge in [0.2, 0.25) is 0 Å². The highest BCUT2D eigenvalue weighted by Crippen LogP contribution is 2.40. The summed E-state index contributed by atoms with van der Waals surface area (Å²) in [7, 11) is 0. The molecule has 142 valence electrons. The highest BCUT2D eigenvalue weighted by atomic mass is 32.1. The maximum Gasteiger partial charge on any atom is 0.146 e. The molecule has 4 N–H and O–H groups in total. The van der Waals surface area contributed by atoms with E-state index in [1.54, 1.807) is 22.9 Å². The number of anilines is 1. The predicted octanol–water partition coefficient (Wildman–Crippen LogP) is 3.93. The topological polar surface area (TPSA) is 93.5 Å². The first-order chi connectivity index (χ1) is 13.7. The molecule has 0 saturated carbocycles. The first-order valence-electron chi connectivity index (χ1n) is 8.72. The van der Waals surface area contributed by atoms with Gasteiger partial charge in [-0.05, 0) is 24.3 Å². The molecule has 2 aromatic heterocycles. The third-order valence-corrected chi connectivity index (χ3v) is 5.15. The molecule has 7 heteroatoms. The third-order valence-electron chi connectivity index (χ3n) is 4.29. The lowest BCUT2D eigenvalue weighted by Crippen LogP contribution is -2.02. The highest BCUT2D eigenvalue weighted by Gasteiger charge is 2.19. The van der Waals surface area contributed by atoms with E-state index < -0.39 is 0 Å². The maximum absolute atomic E-state index is 10.5. The summed E-state index contributed by atoms with van der Waals surface area (Å²) < 4.78 is 7.08. The van der Waals surface area contributed by atoms with Gasteiger partial charge in [-0.3, -0.25) is 4.57 Å². The van der Waals surface area contributed by atoms with Crippen LogP contribution in [-0.4, -0.2) is 33.0 Å². The summed E-state index contributed by atoms with van der Waals surface area (Å²) in [5.41, 5.74) is 9.51. The molecule has 4 rings (SSSR count). The van der Waals surface area contributed by atoms with Crippen LogP contribution in [0.15, 0.2) is 66.2 Å². The summed E-state index contributed by atoms with van der Waals surface area (Å²) in [6.07, 6.45) is 1.58. The fourth-order valence-electron chi connectivity index (χ4n) is 2.94. The molecule has 2 aromatic carbocycles. The predicted molar refractivity (Wildman–Crippen MR) is 111 cm³/mol. The van der Waals surface area contributed by atoms with E-state index in [9.17, 15) is 5.11 Å². The summed E-state index contributed by atoms with van der Waals surface area (Å²) in [6, 6.07) is 17.1. The van der Waals surface area contributed by atoms with Crippen molar-refractivity contribution in [3.63, 3.8) is 0 Å². The van der Waals surface area contributed by atoms with Gasteiger partial charge in [0.25, 0.3) is 0 Å². The molecule has 0 atom stereocenters. The summed E-state index contributed by atoms with van der Waals surface area (Å²) in [5.74, 6) is 1.14. The van der Waals surface area contributed by atoms with Crippen LogP contribution in [0.2, 0.25) is 0 Å². The number of thiazole rings is 1. The summed E-state index contributed by atoms with van der Waals surface area (Å²) in [4.78, 5) is 4.65. The number of aliphatic hydroxyl groups is 1. The molecule has 0 saturated heterocycles. The summed E-state index contributed by atoms with van der Waals surface area (Å²) in [6.45, 7) is 0.200. The molecular formula is C21H19N3O3S. The number of nitrogens with two attached hydrogens (primary N) is 1. The van der Waals surface area contributed by atoms with Crippen LogP contribution in [-0.2, 0) is 0 Å². The van der Waals surface area contributed by atoms with Crippen LogP contribution in [0.25, 0.3) is 27.5 Å². The molecule has 0 radical (unpaired) electrons. The Hall–Kier alpha value is -3.29. The zero-order valence-electron chi connectivity index (χ0n) is 14.9. The van der Waals surface area contributed by atoms with Gasteiger partial charge in [0.15, 0.2) is 0 Å². The maximum atomic E-state index is 10.5. The van der Waals surface area contributed by atoms with Crippen LogP contribution in [0.3, 0.4) is 0 Å². The second-order valence-electron chi connectivity index (χ2n) is 6.11. The Morgan fingerprint density at radius 3 is 2.54 bits per heavy atom. The normalized spacial score (nSPS) is 10.9. The number of aliphatic hydroxyl groups excluding tert-OH is 1. The number of aromatic hydroxyl groups is 1. The van der Waals surface area contributed by atoms with Gasteiger partial charge in [0.05, 0.1) is 24.1 Å². The monoisotopic (exact) mass is 393 g/mol. The van der Waals surface area contributed by atoms with Gasteiger partial charge < -0.3 is 20.7 Å². The van der Waals surface area contributed by atoms with Crippen molar-refractivity contribution in [2.45, 2.75) is 0 Å². The molecule has 2 heterocycles. The number of hydrogen-bond donors (Lipinski definition) is 3. The van der Waals surface area contributed by atoms with E-state index in [4.69, 9.17) is 15.6 Å². The standard InChI is InChI=1S/C21H19N3O3S/c22-20-19(21-23-17(13-28-21)14-4-2-1-3-5-14)18(26)12-24(20)15-6-8-16(9-7-15)27-11-10-25/h1-9,12-13,25-26H,10-11,22H2. The Balaban J connectivity index is 1.66. The van der Waals surface area contributed by atoms with E-state index in [1.165, 1.54) is 11.3 Å². The first kappa shape index (κ1) is 18.1. The SMILES string of the molecule is Nc1c(-c2nc(-c3ccccc3)cs2)c(O)cn1-c1ccc(OCCO)cc1. The number of benzene rings is 2. The molecule has 0 spiro atoms. The minimum Gasteiger partial charge on any atom is -0.506 e. The Labute approximate surface area is 166 Å². The molecule has 0 bridgehead atoms. The first-order valence-corrected chi connectivity index (χ1v) is 9.60. The minimum atomic E-state index is -0.0394. The molecular weight excluding hydrogens is 374 g/mol. The number of nitrogen functional groups attached to an aromatic ring is 1. The van der Waals surface area contributed by atoms with Crippen LogP contribution < -0.4 is 10.5 Å². The van der Waals surface area contributed by atoms with Gasteiger partial charge in [-0.25, -0.2) is 4.98 Å². The van der Waals surface area contributed by atoms with Crippen molar-refractivity contribution in [3.8, 4) is 39.0 Å². The van der Waals surface area contributed by atoms with E-state index in [2.05, 4.69) is 4.98 Å². The summed E-state index contributed by atoms with van der Waals surface area (Å²) >= 11 is 1.44. The zero-order chi connectivity index (χ0) is 19.5. The lowest BCUT2D eigenvalue weighted by Gasteiger charge is -2.08. The van der Waals surface area contributed by atoms with E-state index in [1.807, 2.05) is 47.8 Å². The third kappa shape index (κ3) is 3.45. The van der Waals surface area contributed by atoms with Crippen LogP contribution in [0, 0.1) is 0 Å². The van der Waals surface area contributed by atoms with Crippen LogP contribution in [0.4, 0.5) is 5.82 Å². The molecule has 28 heavy (non-hydrogen) atoms. The highest BCUT2D eigenvalue weighted by molar-refractivity contribution is 7.13. The molecule has 0 fully saturated rings. The number of hydrogen-bond acceptors (Lipinski definition) is 6.